The second-order valence-electron chi connectivity index (χ2n) is 7.07. The Kier molecular flexibility index (Phi) is 4.32. The lowest BCUT2D eigenvalue weighted by atomic mass is 9.73. The molecule has 1 saturated carbocycles. The van der Waals surface area contributed by atoms with Crippen LogP contribution < -0.4 is 0 Å². The van der Waals surface area contributed by atoms with Crippen molar-refractivity contribution >= 4 is 5.97 Å². The first-order valence-corrected chi connectivity index (χ1v) is 8.39. The topological polar surface area (TPSA) is 43.8 Å². The van der Waals surface area contributed by atoms with Crippen LogP contribution in [0.15, 0.2) is 0 Å². The fourth-order valence-corrected chi connectivity index (χ4v) is 4.46. The monoisotopic (exact) mass is 280 g/mol. The fraction of sp³-hybridized carbons (Fsp3) is 0.938. The zero-order chi connectivity index (χ0) is 14.0. The highest BCUT2D eigenvalue weighted by Gasteiger charge is 2.42. The first-order valence-electron chi connectivity index (χ1n) is 8.39. The van der Waals surface area contributed by atoms with Crippen molar-refractivity contribution in [3.8, 4) is 0 Å². The summed E-state index contributed by atoms with van der Waals surface area (Å²) in [5, 5.41) is 9.71. The highest BCUT2D eigenvalue weighted by molar-refractivity contribution is 5.75. The number of aliphatic carboxylic acids is 1. The van der Waals surface area contributed by atoms with Gasteiger partial charge in [0.05, 0.1) is 5.41 Å². The van der Waals surface area contributed by atoms with E-state index in [4.69, 9.17) is 0 Å². The van der Waals surface area contributed by atoms with Gasteiger partial charge in [0.15, 0.2) is 0 Å². The fourth-order valence-electron chi connectivity index (χ4n) is 4.46. The molecule has 4 heteroatoms. The normalized spacial score (nSPS) is 31.7. The summed E-state index contributed by atoms with van der Waals surface area (Å²) in [6.07, 6.45) is 9.16. The van der Waals surface area contributed by atoms with Gasteiger partial charge in [0.2, 0.25) is 0 Å². The lowest BCUT2D eigenvalue weighted by molar-refractivity contribution is -0.153. The molecule has 4 nitrogen and oxygen atoms in total. The summed E-state index contributed by atoms with van der Waals surface area (Å²) in [7, 11) is 0. The molecule has 1 aliphatic carbocycles. The number of piperidine rings is 1. The summed E-state index contributed by atoms with van der Waals surface area (Å²) < 4.78 is 0. The Bertz CT molecular complexity index is 352. The van der Waals surface area contributed by atoms with Gasteiger partial charge in [-0.05, 0) is 32.2 Å². The number of fused-ring (bicyclic) bond motifs is 1. The lowest BCUT2D eigenvalue weighted by Gasteiger charge is -2.46. The van der Waals surface area contributed by atoms with Crippen LogP contribution in [0.1, 0.15) is 51.4 Å². The Morgan fingerprint density at radius 3 is 2.60 bits per heavy atom. The van der Waals surface area contributed by atoms with Gasteiger partial charge in [-0.15, -0.1) is 0 Å². The third-order valence-corrected chi connectivity index (χ3v) is 5.71. The molecule has 2 heterocycles. The largest absolute Gasteiger partial charge is 0.481 e. The van der Waals surface area contributed by atoms with E-state index in [2.05, 4.69) is 9.80 Å². The summed E-state index contributed by atoms with van der Waals surface area (Å²) in [4.78, 5) is 16.9. The first kappa shape index (κ1) is 14.3. The summed E-state index contributed by atoms with van der Waals surface area (Å²) in [6, 6.07) is 0.687. The molecule has 3 fully saturated rings. The van der Waals surface area contributed by atoms with E-state index in [0.29, 0.717) is 6.04 Å². The van der Waals surface area contributed by atoms with Crippen LogP contribution in [0.2, 0.25) is 0 Å². The maximum absolute atomic E-state index is 11.8. The molecule has 0 amide bonds. The SMILES string of the molecule is O=C(O)C1(CN2CCN3CCCCC3C2)CCCCC1. The van der Waals surface area contributed by atoms with Crippen molar-refractivity contribution in [2.75, 3.05) is 32.7 Å². The number of carboxylic acids is 1. The Hall–Kier alpha value is -0.610. The molecule has 2 saturated heterocycles. The molecule has 114 valence electrons. The summed E-state index contributed by atoms with van der Waals surface area (Å²) in [5.74, 6) is -0.553. The summed E-state index contributed by atoms with van der Waals surface area (Å²) in [6.45, 7) is 5.33. The molecule has 0 spiro atoms. The van der Waals surface area contributed by atoms with E-state index < -0.39 is 11.4 Å². The Morgan fingerprint density at radius 1 is 1.05 bits per heavy atom. The van der Waals surface area contributed by atoms with Gasteiger partial charge in [-0.3, -0.25) is 14.6 Å². The summed E-state index contributed by atoms with van der Waals surface area (Å²) >= 11 is 0. The van der Waals surface area contributed by atoms with Crippen LogP contribution in [0.4, 0.5) is 0 Å². The number of rotatable bonds is 3. The molecule has 20 heavy (non-hydrogen) atoms. The van der Waals surface area contributed by atoms with E-state index in [1.54, 1.807) is 0 Å². The number of carbonyl (C=O) groups is 1. The van der Waals surface area contributed by atoms with Gasteiger partial charge >= 0.3 is 5.97 Å². The average molecular weight is 280 g/mol. The molecule has 0 aromatic heterocycles. The van der Waals surface area contributed by atoms with Gasteiger partial charge in [-0.25, -0.2) is 0 Å². The maximum Gasteiger partial charge on any atom is 0.310 e. The minimum Gasteiger partial charge on any atom is -0.481 e. The minimum atomic E-state index is -0.553. The van der Waals surface area contributed by atoms with Crippen molar-refractivity contribution in [3.05, 3.63) is 0 Å². The molecular weight excluding hydrogens is 252 g/mol. The molecule has 1 N–H and O–H groups in total. The Balaban J connectivity index is 1.62. The van der Waals surface area contributed by atoms with Crippen molar-refractivity contribution in [3.63, 3.8) is 0 Å². The first-order chi connectivity index (χ1) is 9.70. The van der Waals surface area contributed by atoms with Crippen LogP contribution >= 0.6 is 0 Å². The number of hydrogen-bond donors (Lipinski definition) is 1. The maximum atomic E-state index is 11.8. The number of carboxylic acid groups (broad SMARTS) is 1. The van der Waals surface area contributed by atoms with Crippen LogP contribution in [0, 0.1) is 5.41 Å². The van der Waals surface area contributed by atoms with E-state index in [0.717, 1.165) is 51.9 Å². The van der Waals surface area contributed by atoms with Gasteiger partial charge in [0.1, 0.15) is 0 Å². The van der Waals surface area contributed by atoms with E-state index in [9.17, 15) is 9.90 Å². The van der Waals surface area contributed by atoms with Crippen LogP contribution in [0.5, 0.6) is 0 Å². The molecule has 0 radical (unpaired) electrons. The molecule has 3 aliphatic rings. The van der Waals surface area contributed by atoms with Crippen LogP contribution in [-0.4, -0.2) is 59.6 Å². The van der Waals surface area contributed by atoms with Crippen molar-refractivity contribution in [2.45, 2.75) is 57.4 Å². The smallest absolute Gasteiger partial charge is 0.310 e. The molecule has 2 aliphatic heterocycles. The highest BCUT2D eigenvalue weighted by Crippen LogP contribution is 2.38. The number of hydrogen-bond acceptors (Lipinski definition) is 3. The highest BCUT2D eigenvalue weighted by atomic mass is 16.4. The molecule has 3 rings (SSSR count). The van der Waals surface area contributed by atoms with Gasteiger partial charge in [0, 0.05) is 32.2 Å². The lowest BCUT2D eigenvalue weighted by Crippen LogP contribution is -2.57. The van der Waals surface area contributed by atoms with E-state index in [1.165, 1.54) is 32.2 Å². The van der Waals surface area contributed by atoms with Crippen LogP contribution in [-0.2, 0) is 4.79 Å². The summed E-state index contributed by atoms with van der Waals surface area (Å²) in [5.41, 5.74) is -0.449. The molecule has 1 unspecified atom stereocenters. The predicted molar refractivity (Wildman–Crippen MR) is 78.8 cm³/mol. The minimum absolute atomic E-state index is 0.449. The van der Waals surface area contributed by atoms with E-state index in [-0.39, 0.29) is 0 Å². The van der Waals surface area contributed by atoms with Crippen molar-refractivity contribution in [1.29, 1.82) is 0 Å². The van der Waals surface area contributed by atoms with E-state index >= 15 is 0 Å². The number of piperazine rings is 1. The standard InChI is InChI=1S/C16H28N2O2/c19-15(20)16(7-3-1-4-8-16)13-17-10-11-18-9-5-2-6-14(18)12-17/h14H,1-13H2,(H,19,20). The Labute approximate surface area is 122 Å². The molecular formula is C16H28N2O2. The van der Waals surface area contributed by atoms with Crippen molar-refractivity contribution in [1.82, 2.24) is 9.80 Å². The molecule has 0 aromatic carbocycles. The second-order valence-corrected chi connectivity index (χ2v) is 7.07. The van der Waals surface area contributed by atoms with Gasteiger partial charge in [-0.1, -0.05) is 25.7 Å². The van der Waals surface area contributed by atoms with Gasteiger partial charge < -0.3 is 5.11 Å². The zero-order valence-electron chi connectivity index (χ0n) is 12.5. The van der Waals surface area contributed by atoms with Gasteiger partial charge in [-0.2, -0.15) is 0 Å². The van der Waals surface area contributed by atoms with Crippen molar-refractivity contribution in [2.24, 2.45) is 5.41 Å². The van der Waals surface area contributed by atoms with E-state index in [1.807, 2.05) is 0 Å². The molecule has 0 aromatic rings. The quantitative estimate of drug-likeness (QED) is 0.860. The Morgan fingerprint density at radius 2 is 1.85 bits per heavy atom. The third kappa shape index (κ3) is 2.86. The third-order valence-electron chi connectivity index (χ3n) is 5.71. The average Bonchev–Trinajstić information content (AvgIpc) is 2.48. The zero-order valence-corrected chi connectivity index (χ0v) is 12.5. The number of nitrogens with zero attached hydrogens (tertiary/aromatic N) is 2. The predicted octanol–water partition coefficient (Wildman–Crippen LogP) is 2.19. The van der Waals surface area contributed by atoms with Crippen molar-refractivity contribution < 1.29 is 9.90 Å². The molecule has 1 atom stereocenters. The van der Waals surface area contributed by atoms with Gasteiger partial charge in [0.25, 0.3) is 0 Å². The van der Waals surface area contributed by atoms with Crippen LogP contribution in [0.25, 0.3) is 0 Å². The van der Waals surface area contributed by atoms with Crippen LogP contribution in [0.3, 0.4) is 0 Å². The molecule has 0 bridgehead atoms. The second kappa shape index (κ2) is 6.02.